The summed E-state index contributed by atoms with van der Waals surface area (Å²) in [5.41, 5.74) is 14.0. The Bertz CT molecular complexity index is 2690. The number of fused-ring (bicyclic) bond motifs is 3. The van der Waals surface area contributed by atoms with E-state index in [0.29, 0.717) is 17.5 Å². The summed E-state index contributed by atoms with van der Waals surface area (Å²) in [5.74, 6) is 1.88. The van der Waals surface area contributed by atoms with Crippen molar-refractivity contribution < 1.29 is 0 Å². The average molecular weight is 703 g/mol. The molecule has 0 unspecified atom stereocenters. The van der Waals surface area contributed by atoms with Gasteiger partial charge in [-0.1, -0.05) is 182 Å². The fourth-order valence-corrected chi connectivity index (χ4v) is 8.42. The third-order valence-electron chi connectivity index (χ3n) is 10.7. The molecule has 0 saturated carbocycles. The molecule has 7 aromatic carbocycles. The molecule has 55 heavy (non-hydrogen) atoms. The Morgan fingerprint density at radius 2 is 0.764 bits per heavy atom. The Kier molecular flexibility index (Phi) is 8.00. The van der Waals surface area contributed by atoms with Crippen LogP contribution in [0.2, 0.25) is 0 Å². The van der Waals surface area contributed by atoms with E-state index in [9.17, 15) is 0 Å². The predicted molar refractivity (Wildman–Crippen MR) is 222 cm³/mol. The van der Waals surface area contributed by atoms with Crippen molar-refractivity contribution in [3.8, 4) is 67.5 Å². The molecule has 2 heterocycles. The summed E-state index contributed by atoms with van der Waals surface area (Å²) in [6.07, 6.45) is 3.77. The van der Waals surface area contributed by atoms with E-state index in [1.165, 1.54) is 33.4 Å². The molecule has 0 N–H and O–H groups in total. The van der Waals surface area contributed by atoms with Crippen LogP contribution in [0.3, 0.4) is 0 Å². The number of nitrogens with zero attached hydrogens (tertiary/aromatic N) is 4. The third kappa shape index (κ3) is 5.38. The van der Waals surface area contributed by atoms with Crippen LogP contribution in [-0.4, -0.2) is 19.9 Å². The molecule has 1 aliphatic carbocycles. The molecule has 0 fully saturated rings. The number of hydrogen-bond acceptors (Lipinski definition) is 4. The quantitative estimate of drug-likeness (QED) is 0.166. The van der Waals surface area contributed by atoms with Gasteiger partial charge in [0, 0.05) is 29.1 Å². The van der Waals surface area contributed by atoms with Gasteiger partial charge in [-0.3, -0.25) is 4.98 Å². The highest BCUT2D eigenvalue weighted by molar-refractivity contribution is 6.03. The lowest BCUT2D eigenvalue weighted by molar-refractivity contribution is 0.768. The van der Waals surface area contributed by atoms with Crippen LogP contribution in [0.4, 0.5) is 0 Å². The molecule has 0 atom stereocenters. The minimum Gasteiger partial charge on any atom is -0.265 e. The van der Waals surface area contributed by atoms with Gasteiger partial charge in [0.05, 0.1) is 5.41 Å². The van der Waals surface area contributed by atoms with Crippen LogP contribution in [0.25, 0.3) is 67.5 Å². The molecule has 1 aliphatic rings. The first-order valence-electron chi connectivity index (χ1n) is 18.6. The molecule has 2 aromatic heterocycles. The maximum atomic E-state index is 5.17. The van der Waals surface area contributed by atoms with Gasteiger partial charge in [0.1, 0.15) is 0 Å². The molecule has 258 valence electrons. The first kappa shape index (κ1) is 32.4. The molecule has 0 radical (unpaired) electrons. The Morgan fingerprint density at radius 3 is 1.35 bits per heavy atom. The Labute approximate surface area is 320 Å². The molecule has 0 saturated heterocycles. The largest absolute Gasteiger partial charge is 0.265 e. The summed E-state index contributed by atoms with van der Waals surface area (Å²) in [7, 11) is 0. The monoisotopic (exact) mass is 702 g/mol. The lowest BCUT2D eigenvalue weighted by Crippen LogP contribution is -2.28. The van der Waals surface area contributed by atoms with Gasteiger partial charge >= 0.3 is 0 Å². The van der Waals surface area contributed by atoms with E-state index in [1.807, 2.05) is 73.1 Å². The van der Waals surface area contributed by atoms with Crippen molar-refractivity contribution >= 4 is 0 Å². The maximum absolute atomic E-state index is 5.17. The molecule has 4 nitrogen and oxygen atoms in total. The maximum Gasteiger partial charge on any atom is 0.164 e. The van der Waals surface area contributed by atoms with Gasteiger partial charge in [-0.25, -0.2) is 15.0 Å². The minimum atomic E-state index is -0.530. The summed E-state index contributed by atoms with van der Waals surface area (Å²) in [6.45, 7) is 0. The van der Waals surface area contributed by atoms with Gasteiger partial charge in [-0.15, -0.1) is 0 Å². The molecular weight excluding hydrogens is 669 g/mol. The molecular formula is C51H34N4. The zero-order chi connectivity index (χ0) is 36.6. The summed E-state index contributed by atoms with van der Waals surface area (Å²) in [6, 6.07) is 68.5. The van der Waals surface area contributed by atoms with Gasteiger partial charge < -0.3 is 0 Å². The normalized spacial score (nSPS) is 12.5. The number of rotatable bonds is 7. The zero-order valence-corrected chi connectivity index (χ0v) is 29.9. The van der Waals surface area contributed by atoms with Gasteiger partial charge in [0.2, 0.25) is 0 Å². The second kappa shape index (κ2) is 13.6. The number of pyridine rings is 1. The van der Waals surface area contributed by atoms with E-state index in [2.05, 4.69) is 138 Å². The first-order chi connectivity index (χ1) is 27.3. The van der Waals surface area contributed by atoms with Crippen LogP contribution in [-0.2, 0) is 5.41 Å². The standard InChI is InChI=1S/C51H34N4/c1-5-17-36(18-6-1)48-53-49(37-19-7-2-8-20-37)55-50(54-48)42-26-14-13-25-40(42)41-29-30-45-47(46(41)35-31-33-52-34-32-35)43-27-15-16-28-44(43)51(45,38-21-9-3-10-22-38)39-23-11-4-12-24-39/h1-34H. The predicted octanol–water partition coefficient (Wildman–Crippen LogP) is 12.0. The highest BCUT2D eigenvalue weighted by atomic mass is 15.0. The molecule has 0 spiro atoms. The van der Waals surface area contributed by atoms with E-state index in [1.54, 1.807) is 0 Å². The van der Waals surface area contributed by atoms with Crippen molar-refractivity contribution in [2.45, 2.75) is 5.41 Å². The summed E-state index contributed by atoms with van der Waals surface area (Å²) in [5, 5.41) is 0. The van der Waals surface area contributed by atoms with Crippen LogP contribution in [0.5, 0.6) is 0 Å². The summed E-state index contributed by atoms with van der Waals surface area (Å²) in [4.78, 5) is 19.8. The van der Waals surface area contributed by atoms with Crippen LogP contribution >= 0.6 is 0 Å². The van der Waals surface area contributed by atoms with E-state index in [-0.39, 0.29) is 0 Å². The Morgan fingerprint density at radius 1 is 0.291 bits per heavy atom. The van der Waals surface area contributed by atoms with Crippen molar-refractivity contribution in [2.75, 3.05) is 0 Å². The van der Waals surface area contributed by atoms with Crippen LogP contribution < -0.4 is 0 Å². The second-order valence-corrected chi connectivity index (χ2v) is 13.8. The van der Waals surface area contributed by atoms with Crippen molar-refractivity contribution in [1.29, 1.82) is 0 Å². The second-order valence-electron chi connectivity index (χ2n) is 13.8. The molecule has 0 amide bonds. The van der Waals surface area contributed by atoms with Crippen molar-refractivity contribution in [1.82, 2.24) is 19.9 Å². The smallest absolute Gasteiger partial charge is 0.164 e. The van der Waals surface area contributed by atoms with Gasteiger partial charge in [0.15, 0.2) is 17.5 Å². The van der Waals surface area contributed by atoms with E-state index in [0.717, 1.165) is 38.9 Å². The lowest BCUT2D eigenvalue weighted by Gasteiger charge is -2.34. The first-order valence-corrected chi connectivity index (χ1v) is 18.6. The molecule has 0 bridgehead atoms. The number of aromatic nitrogens is 4. The Hall–Kier alpha value is -7.30. The van der Waals surface area contributed by atoms with Crippen LogP contribution in [0.1, 0.15) is 22.3 Å². The third-order valence-corrected chi connectivity index (χ3v) is 10.7. The molecule has 4 heteroatoms. The fourth-order valence-electron chi connectivity index (χ4n) is 8.42. The van der Waals surface area contributed by atoms with Gasteiger partial charge in [0.25, 0.3) is 0 Å². The van der Waals surface area contributed by atoms with Gasteiger partial charge in [-0.05, 0) is 67.8 Å². The summed E-state index contributed by atoms with van der Waals surface area (Å²) >= 11 is 0. The van der Waals surface area contributed by atoms with E-state index >= 15 is 0 Å². The van der Waals surface area contributed by atoms with Crippen molar-refractivity contribution in [2.24, 2.45) is 0 Å². The molecule has 10 rings (SSSR count). The average Bonchev–Trinajstić information content (AvgIpc) is 3.58. The highest BCUT2D eigenvalue weighted by Crippen LogP contribution is 2.59. The minimum absolute atomic E-state index is 0.530. The van der Waals surface area contributed by atoms with Gasteiger partial charge in [-0.2, -0.15) is 0 Å². The topological polar surface area (TPSA) is 51.6 Å². The van der Waals surface area contributed by atoms with E-state index < -0.39 is 5.41 Å². The van der Waals surface area contributed by atoms with Crippen LogP contribution in [0, 0.1) is 0 Å². The SMILES string of the molecule is c1ccc(-c2nc(-c3ccccc3)nc(-c3ccccc3-c3ccc4c(c3-c3ccncc3)-c3ccccc3C4(c3ccccc3)c3ccccc3)n2)cc1. The van der Waals surface area contributed by atoms with Crippen molar-refractivity contribution in [3.63, 3.8) is 0 Å². The van der Waals surface area contributed by atoms with Crippen LogP contribution in [0.15, 0.2) is 207 Å². The zero-order valence-electron chi connectivity index (χ0n) is 29.9. The number of hydrogen-bond donors (Lipinski definition) is 0. The number of benzene rings is 7. The lowest BCUT2D eigenvalue weighted by atomic mass is 9.67. The van der Waals surface area contributed by atoms with E-state index in [4.69, 9.17) is 15.0 Å². The fraction of sp³-hybridized carbons (Fsp3) is 0.0196. The van der Waals surface area contributed by atoms with Crippen molar-refractivity contribution in [3.05, 3.63) is 229 Å². The summed E-state index contributed by atoms with van der Waals surface area (Å²) < 4.78 is 0. The molecule has 9 aromatic rings. The Balaban J connectivity index is 1.28. The highest BCUT2D eigenvalue weighted by Gasteiger charge is 2.47. The molecule has 0 aliphatic heterocycles.